The number of rotatable bonds is 5. The molecule has 154 valence electrons. The van der Waals surface area contributed by atoms with Gasteiger partial charge in [-0.25, -0.2) is 0 Å². The van der Waals surface area contributed by atoms with Crippen LogP contribution >= 0.6 is 15.9 Å². The third kappa shape index (κ3) is 3.21. The zero-order chi connectivity index (χ0) is 20.8. The molecule has 7 heteroatoms. The van der Waals surface area contributed by atoms with Crippen LogP contribution in [0.15, 0.2) is 54.6 Å². The number of amides is 2. The molecule has 2 bridgehead atoms. The monoisotopic (exact) mass is 468 g/mol. The second-order valence-corrected chi connectivity index (χ2v) is 9.25. The third-order valence-electron chi connectivity index (χ3n) is 6.54. The Kier molecular flexibility index (Phi) is 4.85. The van der Waals surface area contributed by atoms with Crippen molar-refractivity contribution in [3.05, 3.63) is 65.7 Å². The summed E-state index contributed by atoms with van der Waals surface area (Å²) in [6.07, 6.45) is 0.750. The molecule has 0 aromatic heterocycles. The van der Waals surface area contributed by atoms with E-state index in [1.807, 2.05) is 30.3 Å². The summed E-state index contributed by atoms with van der Waals surface area (Å²) in [5.41, 5.74) is 2.15. The van der Waals surface area contributed by atoms with Crippen LogP contribution in [-0.2, 0) is 20.9 Å². The van der Waals surface area contributed by atoms with Crippen molar-refractivity contribution in [2.24, 2.45) is 23.7 Å². The third-order valence-corrected chi connectivity index (χ3v) is 7.74. The molecule has 1 heterocycles. The largest absolute Gasteiger partial charge is 0.461 e. The van der Waals surface area contributed by atoms with Crippen LogP contribution in [0, 0.1) is 23.7 Å². The molecule has 2 saturated carbocycles. The van der Waals surface area contributed by atoms with E-state index >= 15 is 0 Å². The number of nitrogens with one attached hydrogen (secondary N) is 2. The van der Waals surface area contributed by atoms with Crippen molar-refractivity contribution < 1.29 is 19.1 Å². The highest BCUT2D eigenvalue weighted by Gasteiger charge is 2.67. The maximum absolute atomic E-state index is 12.9. The molecule has 0 unspecified atom stereocenters. The summed E-state index contributed by atoms with van der Waals surface area (Å²) >= 11 is 3.63. The van der Waals surface area contributed by atoms with Crippen LogP contribution in [0.4, 0.5) is 5.69 Å². The number of esters is 1. The van der Waals surface area contributed by atoms with Crippen molar-refractivity contribution in [2.75, 3.05) is 5.32 Å². The minimum atomic E-state index is -0.375. The van der Waals surface area contributed by atoms with Crippen molar-refractivity contribution in [3.63, 3.8) is 0 Å². The van der Waals surface area contributed by atoms with Gasteiger partial charge in [-0.15, -0.1) is 0 Å². The molecule has 6 atom stereocenters. The van der Waals surface area contributed by atoms with Gasteiger partial charge in [0.1, 0.15) is 6.10 Å². The summed E-state index contributed by atoms with van der Waals surface area (Å²) in [7, 11) is 0. The Bertz CT molecular complexity index is 994. The molecule has 0 spiro atoms. The topological polar surface area (TPSA) is 84.5 Å². The fourth-order valence-corrected chi connectivity index (χ4v) is 6.19. The maximum atomic E-state index is 12.9. The van der Waals surface area contributed by atoms with E-state index < -0.39 is 0 Å². The van der Waals surface area contributed by atoms with Gasteiger partial charge in [0.25, 0.3) is 5.91 Å². The van der Waals surface area contributed by atoms with E-state index in [1.165, 1.54) is 0 Å². The Morgan fingerprint density at radius 3 is 2.50 bits per heavy atom. The van der Waals surface area contributed by atoms with E-state index in [-0.39, 0.29) is 52.4 Å². The summed E-state index contributed by atoms with van der Waals surface area (Å²) in [4.78, 5) is 37.6. The lowest BCUT2D eigenvalue weighted by Crippen LogP contribution is -2.40. The molecule has 3 aliphatic rings. The molecule has 5 rings (SSSR count). The van der Waals surface area contributed by atoms with Crippen LogP contribution in [0.25, 0.3) is 0 Å². The van der Waals surface area contributed by atoms with Gasteiger partial charge in [-0.3, -0.25) is 14.4 Å². The lowest BCUT2D eigenvalue weighted by atomic mass is 9.79. The number of carbonyl (C=O) groups excluding carboxylic acids is 3. The highest BCUT2D eigenvalue weighted by Crippen LogP contribution is 2.60. The zero-order valence-corrected chi connectivity index (χ0v) is 17.7. The van der Waals surface area contributed by atoms with Gasteiger partial charge in [-0.1, -0.05) is 46.3 Å². The molecule has 2 aliphatic carbocycles. The number of ether oxygens (including phenoxy) is 1. The molecule has 1 saturated heterocycles. The first kappa shape index (κ1) is 19.3. The van der Waals surface area contributed by atoms with Gasteiger partial charge in [0.2, 0.25) is 5.91 Å². The van der Waals surface area contributed by atoms with Crippen molar-refractivity contribution in [3.8, 4) is 0 Å². The van der Waals surface area contributed by atoms with E-state index in [9.17, 15) is 14.4 Å². The molecule has 2 aromatic carbocycles. The number of hydrogen-bond acceptors (Lipinski definition) is 4. The lowest BCUT2D eigenvalue weighted by molar-refractivity contribution is -0.145. The molecule has 2 amide bonds. The highest BCUT2D eigenvalue weighted by atomic mass is 79.9. The number of hydrogen-bond donors (Lipinski definition) is 2. The molecule has 1 aliphatic heterocycles. The van der Waals surface area contributed by atoms with E-state index in [1.54, 1.807) is 24.3 Å². The van der Waals surface area contributed by atoms with Crippen molar-refractivity contribution in [2.45, 2.75) is 23.9 Å². The van der Waals surface area contributed by atoms with Crippen LogP contribution in [0.5, 0.6) is 0 Å². The van der Waals surface area contributed by atoms with Crippen molar-refractivity contribution in [1.82, 2.24) is 5.32 Å². The molecule has 2 N–H and O–H groups in total. The fourth-order valence-electron chi connectivity index (χ4n) is 5.14. The minimum Gasteiger partial charge on any atom is -0.461 e. The molecule has 6 nitrogen and oxygen atoms in total. The quantitative estimate of drug-likeness (QED) is 0.521. The fraction of sp³-hybridized carbons (Fsp3) is 0.348. The maximum Gasteiger partial charge on any atom is 0.310 e. The lowest BCUT2D eigenvalue weighted by Gasteiger charge is -2.27. The van der Waals surface area contributed by atoms with Crippen LogP contribution in [0.3, 0.4) is 0 Å². The van der Waals surface area contributed by atoms with Gasteiger partial charge in [-0.2, -0.15) is 0 Å². The normalized spacial score (nSPS) is 30.8. The predicted molar refractivity (Wildman–Crippen MR) is 114 cm³/mol. The number of carbonyl (C=O) groups is 3. The minimum absolute atomic E-state index is 0.0386. The number of fused-ring (bicyclic) bond motifs is 1. The molecular formula is C23H21BrN2O4. The van der Waals surface area contributed by atoms with E-state index in [4.69, 9.17) is 4.74 Å². The average molecular weight is 469 g/mol. The standard InChI is InChI=1S/C23H21BrN2O4/c24-19-15-10-16-18(23(29)30-20(16)19)17(15)22(28)26-14-8-6-13(7-9-14)21(27)25-11-12-4-2-1-3-5-12/h1-9,15-20H,10-11H2,(H,25,27)(H,26,28)/t15-,16-,17-,18-,19+,20+/m1/s1. The van der Waals surface area contributed by atoms with Crippen LogP contribution in [0.1, 0.15) is 22.3 Å². The molecule has 3 fully saturated rings. The Balaban J connectivity index is 1.22. The summed E-state index contributed by atoms with van der Waals surface area (Å²) in [5, 5.41) is 5.80. The van der Waals surface area contributed by atoms with Crippen LogP contribution in [-0.4, -0.2) is 28.7 Å². The first-order chi connectivity index (χ1) is 14.5. The Morgan fingerprint density at radius 1 is 1.03 bits per heavy atom. The summed E-state index contributed by atoms with van der Waals surface area (Å²) < 4.78 is 5.47. The summed E-state index contributed by atoms with van der Waals surface area (Å²) in [6, 6.07) is 16.5. The van der Waals surface area contributed by atoms with Gasteiger partial charge in [-0.05, 0) is 42.2 Å². The zero-order valence-electron chi connectivity index (χ0n) is 16.1. The number of anilines is 1. The highest BCUT2D eigenvalue weighted by molar-refractivity contribution is 9.09. The summed E-state index contributed by atoms with van der Waals surface area (Å²) in [5.74, 6) is -1.05. The Hall–Kier alpha value is -2.67. The summed E-state index contributed by atoms with van der Waals surface area (Å²) in [6.45, 7) is 0.453. The van der Waals surface area contributed by atoms with E-state index in [0.717, 1.165) is 12.0 Å². The van der Waals surface area contributed by atoms with E-state index in [2.05, 4.69) is 26.6 Å². The number of halogens is 1. The Morgan fingerprint density at radius 2 is 1.77 bits per heavy atom. The van der Waals surface area contributed by atoms with Gasteiger partial charge in [0.15, 0.2) is 0 Å². The number of benzene rings is 2. The smallest absolute Gasteiger partial charge is 0.310 e. The van der Waals surface area contributed by atoms with Crippen molar-refractivity contribution >= 4 is 39.4 Å². The van der Waals surface area contributed by atoms with Crippen LogP contribution in [0.2, 0.25) is 0 Å². The predicted octanol–water partition coefficient (Wildman–Crippen LogP) is 3.13. The Labute approximate surface area is 182 Å². The second kappa shape index (κ2) is 7.54. The van der Waals surface area contributed by atoms with Crippen LogP contribution < -0.4 is 10.6 Å². The van der Waals surface area contributed by atoms with Gasteiger partial charge in [0.05, 0.1) is 16.7 Å². The molecule has 2 aromatic rings. The van der Waals surface area contributed by atoms with Gasteiger partial charge >= 0.3 is 5.97 Å². The first-order valence-corrected chi connectivity index (χ1v) is 11.0. The molecule has 0 radical (unpaired) electrons. The molecular weight excluding hydrogens is 448 g/mol. The second-order valence-electron chi connectivity index (χ2n) is 8.20. The molecule has 30 heavy (non-hydrogen) atoms. The SMILES string of the molecule is O=C(NCc1ccccc1)c1ccc(NC(=O)[C@@H]2[C@H]3C[C@H]4[C@H](OC(=O)[C@H]42)[C@H]3Br)cc1. The average Bonchev–Trinajstić information content (AvgIpc) is 3.37. The van der Waals surface area contributed by atoms with E-state index in [0.29, 0.717) is 17.8 Å². The van der Waals surface area contributed by atoms with Gasteiger partial charge in [0, 0.05) is 23.7 Å². The van der Waals surface area contributed by atoms with Crippen molar-refractivity contribution in [1.29, 1.82) is 0 Å². The number of alkyl halides is 1. The van der Waals surface area contributed by atoms with Gasteiger partial charge < -0.3 is 15.4 Å². The first-order valence-electron chi connectivity index (χ1n) is 10.1.